The predicted octanol–water partition coefficient (Wildman–Crippen LogP) is 0.411. The van der Waals surface area contributed by atoms with Crippen molar-refractivity contribution < 1.29 is 24.5 Å². The maximum Gasteiger partial charge on any atom is 0.354 e. The topological polar surface area (TPSA) is 113 Å². The molecule has 0 radical (unpaired) electrons. The van der Waals surface area contributed by atoms with Gasteiger partial charge in [0, 0.05) is 31.3 Å². The second-order valence-electron chi connectivity index (χ2n) is 5.86. The van der Waals surface area contributed by atoms with E-state index in [2.05, 4.69) is 9.97 Å². The van der Waals surface area contributed by atoms with Gasteiger partial charge in [-0.25, -0.2) is 14.8 Å². The van der Waals surface area contributed by atoms with Crippen molar-refractivity contribution in [3.8, 4) is 0 Å². The maximum atomic E-state index is 11.8. The lowest BCUT2D eigenvalue weighted by Gasteiger charge is -2.33. The highest BCUT2D eigenvalue weighted by molar-refractivity contribution is 5.85. The van der Waals surface area contributed by atoms with Gasteiger partial charge < -0.3 is 19.8 Å². The van der Waals surface area contributed by atoms with Crippen molar-refractivity contribution in [2.75, 3.05) is 31.2 Å². The summed E-state index contributed by atoms with van der Waals surface area (Å²) in [5.41, 5.74) is -0.412. The third-order valence-corrected chi connectivity index (χ3v) is 4.48. The van der Waals surface area contributed by atoms with Crippen LogP contribution in [0.5, 0.6) is 0 Å². The third-order valence-electron chi connectivity index (χ3n) is 4.48. The van der Waals surface area contributed by atoms with E-state index in [1.54, 1.807) is 11.8 Å². The van der Waals surface area contributed by atoms with E-state index in [-0.39, 0.29) is 24.1 Å². The molecule has 8 heteroatoms. The number of aromatic carboxylic acids is 1. The molecule has 0 spiro atoms. The second kappa shape index (κ2) is 5.20. The standard InChI is InChI=1S/C14H17N3O5/c1-8-4-10(11(18)19)16-13(15-8)17-5-9-6-22-3-2-14(9,7-17)12(20)21/h4,9H,2-3,5-7H2,1H3,(H,18,19)(H,20,21)/t9-,14+/m1/s1. The summed E-state index contributed by atoms with van der Waals surface area (Å²) in [6, 6.07) is 1.39. The molecule has 8 nitrogen and oxygen atoms in total. The number of rotatable bonds is 3. The van der Waals surface area contributed by atoms with Crippen LogP contribution in [-0.4, -0.2) is 58.4 Å². The summed E-state index contributed by atoms with van der Waals surface area (Å²) in [6.45, 7) is 3.23. The Morgan fingerprint density at radius 3 is 2.82 bits per heavy atom. The molecule has 0 aromatic carbocycles. The molecule has 2 aliphatic heterocycles. The molecule has 3 heterocycles. The summed E-state index contributed by atoms with van der Waals surface area (Å²) in [5.74, 6) is -1.84. The van der Waals surface area contributed by atoms with Crippen molar-refractivity contribution in [2.45, 2.75) is 13.3 Å². The molecule has 2 fully saturated rings. The zero-order valence-corrected chi connectivity index (χ0v) is 12.2. The average molecular weight is 307 g/mol. The van der Waals surface area contributed by atoms with Gasteiger partial charge in [-0.2, -0.15) is 0 Å². The van der Waals surface area contributed by atoms with Gasteiger partial charge in [0.2, 0.25) is 5.95 Å². The molecule has 2 atom stereocenters. The predicted molar refractivity (Wildman–Crippen MR) is 74.9 cm³/mol. The van der Waals surface area contributed by atoms with Gasteiger partial charge in [0.25, 0.3) is 0 Å². The fourth-order valence-corrected chi connectivity index (χ4v) is 3.26. The number of carboxylic acids is 2. The van der Waals surface area contributed by atoms with Gasteiger partial charge in [0.1, 0.15) is 0 Å². The molecule has 3 rings (SSSR count). The molecule has 1 aromatic heterocycles. The first-order chi connectivity index (χ1) is 10.4. The fraction of sp³-hybridized carbons (Fsp3) is 0.571. The highest BCUT2D eigenvalue weighted by Crippen LogP contribution is 2.43. The first-order valence-electron chi connectivity index (χ1n) is 7.07. The van der Waals surface area contributed by atoms with Crippen LogP contribution < -0.4 is 4.90 Å². The Morgan fingerprint density at radius 1 is 1.41 bits per heavy atom. The van der Waals surface area contributed by atoms with Crippen molar-refractivity contribution >= 4 is 17.9 Å². The van der Waals surface area contributed by atoms with Crippen LogP contribution in [0.4, 0.5) is 5.95 Å². The van der Waals surface area contributed by atoms with Crippen LogP contribution in [0.3, 0.4) is 0 Å². The quantitative estimate of drug-likeness (QED) is 0.825. The van der Waals surface area contributed by atoms with Crippen molar-refractivity contribution in [1.29, 1.82) is 0 Å². The number of ether oxygens (including phenoxy) is 1. The lowest BCUT2D eigenvalue weighted by molar-refractivity contribution is -0.157. The second-order valence-corrected chi connectivity index (χ2v) is 5.86. The Bertz CT molecular complexity index is 635. The summed E-state index contributed by atoms with van der Waals surface area (Å²) in [5, 5.41) is 18.7. The third kappa shape index (κ3) is 2.29. The number of fused-ring (bicyclic) bond motifs is 1. The molecule has 0 aliphatic carbocycles. The Hall–Kier alpha value is -2.22. The number of hydrogen-bond donors (Lipinski definition) is 2. The van der Waals surface area contributed by atoms with Crippen LogP contribution in [-0.2, 0) is 9.53 Å². The molecule has 0 amide bonds. The van der Waals surface area contributed by atoms with E-state index >= 15 is 0 Å². The monoisotopic (exact) mass is 307 g/mol. The number of anilines is 1. The minimum absolute atomic E-state index is 0.0852. The van der Waals surface area contributed by atoms with Crippen LogP contribution in [0.1, 0.15) is 22.6 Å². The van der Waals surface area contributed by atoms with Gasteiger partial charge in [0.05, 0.1) is 12.0 Å². The van der Waals surface area contributed by atoms with E-state index in [1.807, 2.05) is 0 Å². The molecule has 2 aliphatic rings. The Kier molecular flexibility index (Phi) is 3.48. The lowest BCUT2D eigenvalue weighted by atomic mass is 9.74. The first kappa shape index (κ1) is 14.7. The van der Waals surface area contributed by atoms with Crippen LogP contribution in [0.2, 0.25) is 0 Å². The SMILES string of the molecule is Cc1cc(C(=O)O)nc(N2C[C@@H]3COCC[C@]3(C(=O)O)C2)n1. The van der Waals surface area contributed by atoms with Crippen molar-refractivity contribution in [2.24, 2.45) is 11.3 Å². The smallest absolute Gasteiger partial charge is 0.354 e. The Balaban J connectivity index is 1.94. The van der Waals surface area contributed by atoms with Crippen molar-refractivity contribution in [3.63, 3.8) is 0 Å². The zero-order chi connectivity index (χ0) is 15.9. The van der Waals surface area contributed by atoms with E-state index in [0.29, 0.717) is 31.9 Å². The normalized spacial score (nSPS) is 27.5. The van der Waals surface area contributed by atoms with Crippen LogP contribution in [0, 0.1) is 18.3 Å². The Morgan fingerprint density at radius 2 is 2.18 bits per heavy atom. The summed E-state index contributed by atoms with van der Waals surface area (Å²) in [7, 11) is 0. The fourth-order valence-electron chi connectivity index (χ4n) is 3.26. The van der Waals surface area contributed by atoms with Crippen LogP contribution in [0.15, 0.2) is 6.07 Å². The van der Waals surface area contributed by atoms with E-state index in [0.717, 1.165) is 0 Å². The highest BCUT2D eigenvalue weighted by Gasteiger charge is 2.54. The molecule has 118 valence electrons. The first-order valence-corrected chi connectivity index (χ1v) is 7.07. The largest absolute Gasteiger partial charge is 0.481 e. The molecule has 2 N–H and O–H groups in total. The lowest BCUT2D eigenvalue weighted by Crippen LogP contribution is -2.44. The number of nitrogens with zero attached hydrogens (tertiary/aromatic N) is 3. The van der Waals surface area contributed by atoms with Crippen LogP contribution >= 0.6 is 0 Å². The molecule has 0 unspecified atom stereocenters. The van der Waals surface area contributed by atoms with Gasteiger partial charge >= 0.3 is 11.9 Å². The number of hydrogen-bond acceptors (Lipinski definition) is 6. The number of aryl methyl sites for hydroxylation is 1. The molecule has 22 heavy (non-hydrogen) atoms. The number of carbonyl (C=O) groups is 2. The van der Waals surface area contributed by atoms with Gasteiger partial charge in [-0.05, 0) is 19.4 Å². The summed E-state index contributed by atoms with van der Waals surface area (Å²) in [6.07, 6.45) is 0.446. The van der Waals surface area contributed by atoms with Crippen molar-refractivity contribution in [3.05, 3.63) is 17.5 Å². The molecule has 0 saturated carbocycles. The van der Waals surface area contributed by atoms with Crippen molar-refractivity contribution in [1.82, 2.24) is 9.97 Å². The minimum atomic E-state index is -1.13. The zero-order valence-electron chi connectivity index (χ0n) is 12.2. The van der Waals surface area contributed by atoms with Gasteiger partial charge in [-0.1, -0.05) is 0 Å². The summed E-state index contributed by atoms with van der Waals surface area (Å²) in [4.78, 5) is 32.9. The molecular weight excluding hydrogens is 290 g/mol. The molecule has 2 saturated heterocycles. The molecule has 1 aromatic rings. The number of aromatic nitrogens is 2. The summed E-state index contributed by atoms with van der Waals surface area (Å²) < 4.78 is 5.40. The van der Waals surface area contributed by atoms with E-state index in [9.17, 15) is 14.7 Å². The van der Waals surface area contributed by atoms with Gasteiger partial charge in [-0.15, -0.1) is 0 Å². The maximum absolute atomic E-state index is 11.8. The Labute approximate surface area is 126 Å². The van der Waals surface area contributed by atoms with Gasteiger partial charge in [-0.3, -0.25) is 4.79 Å². The van der Waals surface area contributed by atoms with E-state index in [1.165, 1.54) is 6.07 Å². The molecule has 0 bridgehead atoms. The van der Waals surface area contributed by atoms with E-state index in [4.69, 9.17) is 9.84 Å². The van der Waals surface area contributed by atoms with Crippen LogP contribution in [0.25, 0.3) is 0 Å². The minimum Gasteiger partial charge on any atom is -0.481 e. The summed E-state index contributed by atoms with van der Waals surface area (Å²) >= 11 is 0. The van der Waals surface area contributed by atoms with Gasteiger partial charge in [0.15, 0.2) is 5.69 Å². The highest BCUT2D eigenvalue weighted by atomic mass is 16.5. The number of aliphatic carboxylic acids is 1. The molecular formula is C14H17N3O5. The number of carboxylic acid groups (broad SMARTS) is 2. The average Bonchev–Trinajstić information content (AvgIpc) is 2.87. The van der Waals surface area contributed by atoms with E-state index < -0.39 is 17.4 Å².